The number of hydrogen-bond acceptors (Lipinski definition) is 3. The van der Waals surface area contributed by atoms with Crippen molar-refractivity contribution in [3.63, 3.8) is 0 Å². The van der Waals surface area contributed by atoms with E-state index in [-0.39, 0.29) is 11.8 Å². The average Bonchev–Trinajstić information content (AvgIpc) is 2.26. The molecule has 1 aromatic rings. The van der Waals surface area contributed by atoms with Crippen molar-refractivity contribution in [1.29, 1.82) is 0 Å². The van der Waals surface area contributed by atoms with E-state index in [0.29, 0.717) is 5.56 Å². The normalized spacial score (nSPS) is 12.2. The van der Waals surface area contributed by atoms with E-state index < -0.39 is 12.0 Å². The van der Waals surface area contributed by atoms with E-state index in [0.717, 1.165) is 0 Å². The molecule has 1 atom stereocenters. The van der Waals surface area contributed by atoms with Gasteiger partial charge in [0.05, 0.1) is 0 Å². The molecule has 1 aromatic heterocycles. The summed E-state index contributed by atoms with van der Waals surface area (Å²) in [7, 11) is 0. The van der Waals surface area contributed by atoms with Gasteiger partial charge in [-0.25, -0.2) is 4.79 Å². The summed E-state index contributed by atoms with van der Waals surface area (Å²) >= 11 is 0. The summed E-state index contributed by atoms with van der Waals surface area (Å²) in [6, 6.07) is 2.21. The van der Waals surface area contributed by atoms with Gasteiger partial charge in [-0.15, -0.1) is 0 Å². The summed E-state index contributed by atoms with van der Waals surface area (Å²) in [5.74, 6) is -1.64. The summed E-state index contributed by atoms with van der Waals surface area (Å²) in [6.45, 7) is 3.41. The molecular weight excluding hydrogens is 208 g/mol. The highest BCUT2D eigenvalue weighted by Gasteiger charge is 2.23. The maximum atomic E-state index is 11.4. The molecule has 16 heavy (non-hydrogen) atoms. The van der Waals surface area contributed by atoms with Crippen LogP contribution in [0.1, 0.15) is 25.5 Å². The van der Waals surface area contributed by atoms with Gasteiger partial charge in [0, 0.05) is 23.9 Å². The number of nitrogens with one attached hydrogen (secondary N) is 1. The molecule has 0 aliphatic heterocycles. The van der Waals surface area contributed by atoms with Crippen LogP contribution in [0.3, 0.4) is 0 Å². The number of hydrogen-bond donors (Lipinski definition) is 2. The molecule has 0 bridgehead atoms. The first-order valence-electron chi connectivity index (χ1n) is 4.95. The Kier molecular flexibility index (Phi) is 3.99. The standard InChI is InChI=1S/C11H14N2O3/c1-7(2)10(14)13-9(11(15)16)8-4-3-5-12-6-8/h3-7,9H,1-2H3,(H,13,14)(H,15,16). The average molecular weight is 222 g/mol. The molecule has 0 saturated carbocycles. The van der Waals surface area contributed by atoms with Crippen molar-refractivity contribution in [2.75, 3.05) is 0 Å². The molecule has 0 aromatic carbocycles. The van der Waals surface area contributed by atoms with E-state index in [1.165, 1.54) is 6.20 Å². The van der Waals surface area contributed by atoms with Crippen molar-refractivity contribution in [2.24, 2.45) is 5.92 Å². The lowest BCUT2D eigenvalue weighted by Crippen LogP contribution is -2.36. The predicted octanol–water partition coefficient (Wildman–Crippen LogP) is 0.979. The number of carboxylic acids is 1. The van der Waals surface area contributed by atoms with Gasteiger partial charge in [0.1, 0.15) is 0 Å². The maximum absolute atomic E-state index is 11.4. The molecule has 2 N–H and O–H groups in total. The van der Waals surface area contributed by atoms with E-state index in [1.54, 1.807) is 32.2 Å². The fraction of sp³-hybridized carbons (Fsp3) is 0.364. The minimum absolute atomic E-state index is 0.251. The Hall–Kier alpha value is -1.91. The van der Waals surface area contributed by atoms with E-state index in [2.05, 4.69) is 10.3 Å². The van der Waals surface area contributed by atoms with Gasteiger partial charge in [0.15, 0.2) is 6.04 Å². The van der Waals surface area contributed by atoms with E-state index >= 15 is 0 Å². The lowest BCUT2D eigenvalue weighted by atomic mass is 10.1. The van der Waals surface area contributed by atoms with E-state index in [4.69, 9.17) is 5.11 Å². The highest BCUT2D eigenvalue weighted by atomic mass is 16.4. The first kappa shape index (κ1) is 12.2. The highest BCUT2D eigenvalue weighted by Crippen LogP contribution is 2.12. The monoisotopic (exact) mass is 222 g/mol. The Morgan fingerprint density at radius 3 is 2.56 bits per heavy atom. The summed E-state index contributed by atoms with van der Waals surface area (Å²) in [5, 5.41) is 11.5. The van der Waals surface area contributed by atoms with Gasteiger partial charge < -0.3 is 10.4 Å². The van der Waals surface area contributed by atoms with Gasteiger partial charge in [0.2, 0.25) is 5.91 Å². The molecule has 1 unspecified atom stereocenters. The zero-order valence-electron chi connectivity index (χ0n) is 9.18. The van der Waals surface area contributed by atoms with Crippen molar-refractivity contribution >= 4 is 11.9 Å². The second-order valence-electron chi connectivity index (χ2n) is 3.72. The third-order valence-electron chi connectivity index (χ3n) is 2.08. The molecule has 5 nitrogen and oxygen atoms in total. The molecule has 5 heteroatoms. The SMILES string of the molecule is CC(C)C(=O)NC(C(=O)O)c1cccnc1. The molecule has 0 saturated heterocycles. The molecule has 0 spiro atoms. The van der Waals surface area contributed by atoms with Crippen LogP contribution in [-0.4, -0.2) is 22.0 Å². The summed E-state index contributed by atoms with van der Waals surface area (Å²) < 4.78 is 0. The molecule has 86 valence electrons. The first-order chi connectivity index (χ1) is 7.52. The largest absolute Gasteiger partial charge is 0.479 e. The topological polar surface area (TPSA) is 79.3 Å². The number of carbonyl (C=O) groups excluding carboxylic acids is 1. The van der Waals surface area contributed by atoms with Crippen LogP contribution in [0.5, 0.6) is 0 Å². The van der Waals surface area contributed by atoms with Crippen LogP contribution in [0.25, 0.3) is 0 Å². The molecule has 1 amide bonds. The van der Waals surface area contributed by atoms with E-state index in [9.17, 15) is 9.59 Å². The number of rotatable bonds is 4. The zero-order chi connectivity index (χ0) is 12.1. The number of pyridine rings is 1. The minimum atomic E-state index is -1.10. The molecule has 1 rings (SSSR count). The number of amides is 1. The van der Waals surface area contributed by atoms with Gasteiger partial charge in [-0.1, -0.05) is 19.9 Å². The van der Waals surface area contributed by atoms with Crippen molar-refractivity contribution in [3.05, 3.63) is 30.1 Å². The van der Waals surface area contributed by atoms with Crippen molar-refractivity contribution < 1.29 is 14.7 Å². The highest BCUT2D eigenvalue weighted by molar-refractivity contribution is 5.85. The zero-order valence-corrected chi connectivity index (χ0v) is 9.18. The molecule has 0 aliphatic rings. The van der Waals surface area contributed by atoms with Crippen LogP contribution < -0.4 is 5.32 Å². The summed E-state index contributed by atoms with van der Waals surface area (Å²) in [6.07, 6.45) is 2.98. The van der Waals surface area contributed by atoms with E-state index in [1.807, 2.05) is 0 Å². The lowest BCUT2D eigenvalue weighted by molar-refractivity contribution is -0.142. The minimum Gasteiger partial charge on any atom is -0.479 e. The van der Waals surface area contributed by atoms with Gasteiger partial charge in [0.25, 0.3) is 0 Å². The molecule has 1 heterocycles. The van der Waals surface area contributed by atoms with Crippen molar-refractivity contribution in [1.82, 2.24) is 10.3 Å². The predicted molar refractivity (Wildman–Crippen MR) is 57.6 cm³/mol. The fourth-order valence-corrected chi connectivity index (χ4v) is 1.14. The third-order valence-corrected chi connectivity index (χ3v) is 2.08. The number of carbonyl (C=O) groups is 2. The Bertz CT molecular complexity index is 376. The summed E-state index contributed by atoms with van der Waals surface area (Å²) in [5.41, 5.74) is 0.462. The number of aliphatic carboxylic acids is 1. The van der Waals surface area contributed by atoms with Crippen molar-refractivity contribution in [2.45, 2.75) is 19.9 Å². The number of nitrogens with zero attached hydrogens (tertiary/aromatic N) is 1. The first-order valence-corrected chi connectivity index (χ1v) is 4.95. The fourth-order valence-electron chi connectivity index (χ4n) is 1.14. The Morgan fingerprint density at radius 2 is 2.12 bits per heavy atom. The molecule has 0 fully saturated rings. The Balaban J connectivity index is 2.85. The Morgan fingerprint density at radius 1 is 1.44 bits per heavy atom. The van der Waals surface area contributed by atoms with Crippen LogP contribution in [0, 0.1) is 5.92 Å². The van der Waals surface area contributed by atoms with Gasteiger partial charge >= 0.3 is 5.97 Å². The molecular formula is C11H14N2O3. The van der Waals surface area contributed by atoms with Gasteiger partial charge in [-0.3, -0.25) is 9.78 Å². The second-order valence-corrected chi connectivity index (χ2v) is 3.72. The van der Waals surface area contributed by atoms with Crippen LogP contribution in [-0.2, 0) is 9.59 Å². The van der Waals surface area contributed by atoms with Crippen LogP contribution in [0.15, 0.2) is 24.5 Å². The van der Waals surface area contributed by atoms with Crippen LogP contribution in [0.4, 0.5) is 0 Å². The van der Waals surface area contributed by atoms with Gasteiger partial charge in [-0.05, 0) is 6.07 Å². The molecule has 0 aliphatic carbocycles. The Labute approximate surface area is 93.5 Å². The molecule has 0 radical (unpaired) electrons. The third kappa shape index (κ3) is 3.05. The number of carboxylic acid groups (broad SMARTS) is 1. The maximum Gasteiger partial charge on any atom is 0.330 e. The summed E-state index contributed by atoms with van der Waals surface area (Å²) in [4.78, 5) is 26.3. The lowest BCUT2D eigenvalue weighted by Gasteiger charge is -2.15. The van der Waals surface area contributed by atoms with Crippen LogP contribution >= 0.6 is 0 Å². The van der Waals surface area contributed by atoms with Crippen molar-refractivity contribution in [3.8, 4) is 0 Å². The quantitative estimate of drug-likeness (QED) is 0.795. The second kappa shape index (κ2) is 5.25. The van der Waals surface area contributed by atoms with Crippen LogP contribution in [0.2, 0.25) is 0 Å². The number of aromatic nitrogens is 1. The smallest absolute Gasteiger partial charge is 0.330 e. The van der Waals surface area contributed by atoms with Gasteiger partial charge in [-0.2, -0.15) is 0 Å².